The number of benzene rings is 2. The van der Waals surface area contributed by atoms with Gasteiger partial charge in [-0.15, -0.1) is 0 Å². The molecule has 0 radical (unpaired) electrons. The summed E-state index contributed by atoms with van der Waals surface area (Å²) in [5, 5.41) is 5.63. The molecule has 3 aromatic rings. The van der Waals surface area contributed by atoms with Crippen LogP contribution in [0.4, 0.5) is 16.2 Å². The maximum absolute atomic E-state index is 12.1. The molecule has 0 aliphatic rings. The summed E-state index contributed by atoms with van der Waals surface area (Å²) in [5.74, 6) is 0. The van der Waals surface area contributed by atoms with E-state index in [2.05, 4.69) is 15.6 Å². The molecule has 126 valence electrons. The summed E-state index contributed by atoms with van der Waals surface area (Å²) in [6.07, 6.45) is 1.79. The number of carbonyl (C=O) groups excluding carboxylic acids is 1. The Morgan fingerprint density at radius 3 is 2.44 bits per heavy atom. The number of urea groups is 1. The Morgan fingerprint density at radius 1 is 0.960 bits per heavy atom. The number of hydrogen-bond acceptors (Lipinski definition) is 3. The molecule has 2 amide bonds. The van der Waals surface area contributed by atoms with E-state index in [9.17, 15) is 4.79 Å². The second kappa shape index (κ2) is 7.59. The quantitative estimate of drug-likeness (QED) is 0.671. The van der Waals surface area contributed by atoms with E-state index in [0.29, 0.717) is 12.2 Å². The van der Waals surface area contributed by atoms with Crippen molar-refractivity contribution in [1.29, 1.82) is 0 Å². The second-order valence-corrected chi connectivity index (χ2v) is 5.75. The van der Waals surface area contributed by atoms with Crippen molar-refractivity contribution in [3.05, 3.63) is 78.1 Å². The van der Waals surface area contributed by atoms with Crippen LogP contribution in [0.2, 0.25) is 0 Å². The van der Waals surface area contributed by atoms with Gasteiger partial charge in [-0.1, -0.05) is 24.3 Å². The van der Waals surface area contributed by atoms with Crippen LogP contribution in [0.25, 0.3) is 11.1 Å². The van der Waals surface area contributed by atoms with Crippen LogP contribution >= 0.6 is 0 Å². The molecular formula is C20H20N4O. The van der Waals surface area contributed by atoms with Crippen LogP contribution in [0.1, 0.15) is 11.3 Å². The molecule has 0 aliphatic carbocycles. The maximum Gasteiger partial charge on any atom is 0.323 e. The van der Waals surface area contributed by atoms with Crippen molar-refractivity contribution in [2.24, 2.45) is 5.73 Å². The highest BCUT2D eigenvalue weighted by Crippen LogP contribution is 2.21. The highest BCUT2D eigenvalue weighted by atomic mass is 16.2. The first-order valence-electron chi connectivity index (χ1n) is 8.04. The Balaban J connectivity index is 1.65. The number of hydrogen-bond donors (Lipinski definition) is 3. The van der Waals surface area contributed by atoms with Gasteiger partial charge in [0.05, 0.1) is 0 Å². The van der Waals surface area contributed by atoms with Crippen molar-refractivity contribution < 1.29 is 4.79 Å². The van der Waals surface area contributed by atoms with Crippen LogP contribution in [0.3, 0.4) is 0 Å². The number of pyridine rings is 1. The van der Waals surface area contributed by atoms with Gasteiger partial charge in [0.2, 0.25) is 0 Å². The van der Waals surface area contributed by atoms with Gasteiger partial charge < -0.3 is 16.4 Å². The van der Waals surface area contributed by atoms with E-state index in [0.717, 1.165) is 28.1 Å². The summed E-state index contributed by atoms with van der Waals surface area (Å²) in [5.41, 5.74) is 11.2. The molecule has 0 saturated heterocycles. The average molecular weight is 332 g/mol. The molecule has 5 heteroatoms. The molecule has 4 N–H and O–H groups in total. The Morgan fingerprint density at radius 2 is 1.72 bits per heavy atom. The molecule has 0 saturated carbocycles. The van der Waals surface area contributed by atoms with Gasteiger partial charge in [-0.05, 0) is 60.0 Å². The maximum atomic E-state index is 12.1. The van der Waals surface area contributed by atoms with Gasteiger partial charge in [0.15, 0.2) is 0 Å². The monoisotopic (exact) mass is 332 g/mol. The number of anilines is 2. The van der Waals surface area contributed by atoms with E-state index in [1.807, 2.05) is 67.6 Å². The molecule has 2 aromatic carbocycles. The standard InChI is InChI=1S/C20H20N4O/c1-14-11-17(9-10-22-14)16-5-7-18(8-6-16)23-20(25)24-19-4-2-3-15(12-19)13-21/h2-12H,13,21H2,1H3,(H2,23,24,25). The Bertz CT molecular complexity index is 875. The third-order valence-corrected chi connectivity index (χ3v) is 3.79. The summed E-state index contributed by atoms with van der Waals surface area (Å²) >= 11 is 0. The number of amides is 2. The lowest BCUT2D eigenvalue weighted by molar-refractivity contribution is 0.262. The molecule has 0 bridgehead atoms. The molecular weight excluding hydrogens is 312 g/mol. The van der Waals surface area contributed by atoms with E-state index in [1.54, 1.807) is 6.20 Å². The smallest absolute Gasteiger partial charge is 0.323 e. The Labute approximate surface area is 146 Å². The van der Waals surface area contributed by atoms with Crippen LogP contribution in [0, 0.1) is 6.92 Å². The van der Waals surface area contributed by atoms with Gasteiger partial charge in [-0.25, -0.2) is 4.79 Å². The number of aryl methyl sites for hydroxylation is 1. The first kappa shape index (κ1) is 16.7. The second-order valence-electron chi connectivity index (χ2n) is 5.75. The van der Waals surface area contributed by atoms with Crippen LogP contribution in [0.15, 0.2) is 66.9 Å². The zero-order valence-corrected chi connectivity index (χ0v) is 14.0. The molecule has 0 fully saturated rings. The Hall–Kier alpha value is -3.18. The lowest BCUT2D eigenvalue weighted by atomic mass is 10.1. The SMILES string of the molecule is Cc1cc(-c2ccc(NC(=O)Nc3cccc(CN)c3)cc2)ccn1. The van der Waals surface area contributed by atoms with E-state index < -0.39 is 0 Å². The van der Waals surface area contributed by atoms with Crippen LogP contribution in [-0.2, 0) is 6.54 Å². The number of nitrogens with two attached hydrogens (primary N) is 1. The van der Waals surface area contributed by atoms with Crippen LogP contribution < -0.4 is 16.4 Å². The molecule has 5 nitrogen and oxygen atoms in total. The summed E-state index contributed by atoms with van der Waals surface area (Å²) in [6.45, 7) is 2.40. The summed E-state index contributed by atoms with van der Waals surface area (Å²) < 4.78 is 0. The van der Waals surface area contributed by atoms with Gasteiger partial charge in [-0.2, -0.15) is 0 Å². The molecule has 1 heterocycles. The largest absolute Gasteiger partial charge is 0.326 e. The first-order chi connectivity index (χ1) is 12.1. The third kappa shape index (κ3) is 4.43. The lowest BCUT2D eigenvalue weighted by Crippen LogP contribution is -2.19. The molecule has 0 spiro atoms. The minimum atomic E-state index is -0.290. The number of nitrogens with zero attached hydrogens (tertiary/aromatic N) is 1. The summed E-state index contributed by atoms with van der Waals surface area (Å²) in [7, 11) is 0. The van der Waals surface area contributed by atoms with Gasteiger partial charge in [0, 0.05) is 29.8 Å². The highest BCUT2D eigenvalue weighted by Gasteiger charge is 2.04. The van der Waals surface area contributed by atoms with Gasteiger partial charge in [0.25, 0.3) is 0 Å². The molecule has 0 unspecified atom stereocenters. The molecule has 3 rings (SSSR count). The average Bonchev–Trinajstić information content (AvgIpc) is 2.62. The lowest BCUT2D eigenvalue weighted by Gasteiger charge is -2.09. The van der Waals surface area contributed by atoms with Crippen LogP contribution in [-0.4, -0.2) is 11.0 Å². The molecule has 0 aliphatic heterocycles. The van der Waals surface area contributed by atoms with Gasteiger partial charge in [0.1, 0.15) is 0 Å². The number of rotatable bonds is 4. The van der Waals surface area contributed by atoms with E-state index in [-0.39, 0.29) is 6.03 Å². The topological polar surface area (TPSA) is 80.0 Å². The zero-order valence-electron chi connectivity index (χ0n) is 14.0. The fraction of sp³-hybridized carbons (Fsp3) is 0.100. The highest BCUT2D eigenvalue weighted by molar-refractivity contribution is 5.99. The fourth-order valence-electron chi connectivity index (χ4n) is 2.54. The fourth-order valence-corrected chi connectivity index (χ4v) is 2.54. The minimum Gasteiger partial charge on any atom is -0.326 e. The van der Waals surface area contributed by atoms with Crippen molar-refractivity contribution in [3.8, 4) is 11.1 Å². The third-order valence-electron chi connectivity index (χ3n) is 3.79. The van der Waals surface area contributed by atoms with E-state index in [1.165, 1.54) is 0 Å². The number of carbonyl (C=O) groups is 1. The Kier molecular flexibility index (Phi) is 5.06. The molecule has 0 atom stereocenters. The predicted molar refractivity (Wildman–Crippen MR) is 101 cm³/mol. The van der Waals surface area contributed by atoms with Crippen molar-refractivity contribution in [2.75, 3.05) is 10.6 Å². The predicted octanol–water partition coefficient (Wildman–Crippen LogP) is 4.16. The minimum absolute atomic E-state index is 0.290. The zero-order chi connectivity index (χ0) is 17.6. The van der Waals surface area contributed by atoms with Crippen molar-refractivity contribution >= 4 is 17.4 Å². The van der Waals surface area contributed by atoms with Crippen molar-refractivity contribution in [2.45, 2.75) is 13.5 Å². The first-order valence-corrected chi connectivity index (χ1v) is 8.04. The molecule has 25 heavy (non-hydrogen) atoms. The van der Waals surface area contributed by atoms with Crippen molar-refractivity contribution in [1.82, 2.24) is 4.98 Å². The normalized spacial score (nSPS) is 10.3. The van der Waals surface area contributed by atoms with Gasteiger partial charge >= 0.3 is 6.03 Å². The summed E-state index contributed by atoms with van der Waals surface area (Å²) in [4.78, 5) is 16.3. The van der Waals surface area contributed by atoms with E-state index in [4.69, 9.17) is 5.73 Å². The molecule has 1 aromatic heterocycles. The van der Waals surface area contributed by atoms with Crippen LogP contribution in [0.5, 0.6) is 0 Å². The van der Waals surface area contributed by atoms with Gasteiger partial charge in [-0.3, -0.25) is 4.98 Å². The number of aromatic nitrogens is 1. The van der Waals surface area contributed by atoms with Crippen molar-refractivity contribution in [3.63, 3.8) is 0 Å². The number of nitrogens with one attached hydrogen (secondary N) is 2. The van der Waals surface area contributed by atoms with E-state index >= 15 is 0 Å². The summed E-state index contributed by atoms with van der Waals surface area (Å²) in [6, 6.07) is 18.9.